The first-order chi connectivity index (χ1) is 12.9. The molecule has 27 heavy (non-hydrogen) atoms. The van der Waals surface area contributed by atoms with Crippen molar-refractivity contribution in [2.75, 3.05) is 9.62 Å². The maximum Gasteiger partial charge on any atom is 0.261 e. The number of para-hydroxylation sites is 1. The Morgan fingerprint density at radius 3 is 2.59 bits per heavy atom. The number of sulfonamides is 1. The second-order valence-electron chi connectivity index (χ2n) is 7.27. The van der Waals surface area contributed by atoms with E-state index in [4.69, 9.17) is 0 Å². The highest BCUT2D eigenvalue weighted by Crippen LogP contribution is 2.38. The summed E-state index contributed by atoms with van der Waals surface area (Å²) in [5, 5.41) is 0. The second-order valence-corrected chi connectivity index (χ2v) is 8.95. The van der Waals surface area contributed by atoms with Crippen molar-refractivity contribution >= 4 is 27.3 Å². The van der Waals surface area contributed by atoms with Crippen molar-refractivity contribution in [1.29, 1.82) is 0 Å². The minimum Gasteiger partial charge on any atom is -0.309 e. The normalized spacial score (nSPS) is 19.5. The number of hydrogen-bond donors (Lipinski definition) is 1. The van der Waals surface area contributed by atoms with Crippen molar-refractivity contribution in [2.24, 2.45) is 5.92 Å². The monoisotopic (exact) mass is 388 g/mol. The molecule has 0 unspecified atom stereocenters. The molecule has 142 valence electrons. The number of carbonyl (C=O) groups is 1. The van der Waals surface area contributed by atoms with Crippen molar-refractivity contribution in [3.05, 3.63) is 53.8 Å². The van der Waals surface area contributed by atoms with E-state index >= 15 is 0 Å². The van der Waals surface area contributed by atoms with Crippen LogP contribution in [0, 0.1) is 11.7 Å². The summed E-state index contributed by atoms with van der Waals surface area (Å²) < 4.78 is 41.4. The summed E-state index contributed by atoms with van der Waals surface area (Å²) in [5.41, 5.74) is 1.52. The molecule has 0 radical (unpaired) electrons. The number of hydrogen-bond acceptors (Lipinski definition) is 3. The molecular weight excluding hydrogens is 367 g/mol. The first-order valence-electron chi connectivity index (χ1n) is 9.10. The van der Waals surface area contributed by atoms with E-state index in [0.717, 1.165) is 30.5 Å². The lowest BCUT2D eigenvalue weighted by Crippen LogP contribution is -2.42. The Kier molecular flexibility index (Phi) is 4.42. The third-order valence-electron chi connectivity index (χ3n) is 5.39. The van der Waals surface area contributed by atoms with Gasteiger partial charge < -0.3 is 4.90 Å². The number of rotatable bonds is 4. The number of anilines is 2. The van der Waals surface area contributed by atoms with E-state index in [1.165, 1.54) is 24.3 Å². The molecule has 1 heterocycles. The molecule has 1 atom stereocenters. The molecule has 4 rings (SSSR count). The highest BCUT2D eigenvalue weighted by Gasteiger charge is 2.37. The van der Waals surface area contributed by atoms with Crippen LogP contribution >= 0.6 is 0 Å². The zero-order valence-electron chi connectivity index (χ0n) is 15.0. The molecule has 5 nitrogen and oxygen atoms in total. The van der Waals surface area contributed by atoms with E-state index in [-0.39, 0.29) is 28.4 Å². The van der Waals surface area contributed by atoms with Gasteiger partial charge in [0, 0.05) is 17.6 Å². The molecule has 0 spiro atoms. The summed E-state index contributed by atoms with van der Waals surface area (Å²) in [6.45, 7) is 1.97. The number of nitrogens with one attached hydrogen (secondary N) is 1. The Hall–Kier alpha value is -2.41. The fourth-order valence-corrected chi connectivity index (χ4v) is 4.83. The molecule has 1 aliphatic carbocycles. The first kappa shape index (κ1) is 18.0. The Balaban J connectivity index is 1.62. The number of nitrogens with zero attached hydrogens (tertiary/aromatic N) is 1. The van der Waals surface area contributed by atoms with Crippen molar-refractivity contribution in [3.8, 4) is 0 Å². The molecule has 1 aliphatic heterocycles. The van der Waals surface area contributed by atoms with E-state index in [2.05, 4.69) is 4.72 Å². The first-order valence-corrected chi connectivity index (χ1v) is 10.6. The highest BCUT2D eigenvalue weighted by molar-refractivity contribution is 7.92. The summed E-state index contributed by atoms with van der Waals surface area (Å²) in [5.74, 6) is -0.412. The van der Waals surface area contributed by atoms with Gasteiger partial charge in [-0.05, 0) is 62.1 Å². The topological polar surface area (TPSA) is 66.5 Å². The zero-order chi connectivity index (χ0) is 19.2. The summed E-state index contributed by atoms with van der Waals surface area (Å²) >= 11 is 0. The van der Waals surface area contributed by atoms with Gasteiger partial charge >= 0.3 is 0 Å². The van der Waals surface area contributed by atoms with Crippen molar-refractivity contribution in [3.63, 3.8) is 0 Å². The SMILES string of the molecule is C[C@H]1Cc2cc(S(=O)(=O)Nc3ccccc3F)ccc2N1C(=O)C1CCC1. The largest absolute Gasteiger partial charge is 0.309 e. The Morgan fingerprint density at radius 1 is 1.19 bits per heavy atom. The molecule has 2 aromatic rings. The second kappa shape index (κ2) is 6.64. The maximum absolute atomic E-state index is 13.8. The number of carbonyl (C=O) groups excluding carboxylic acids is 1. The van der Waals surface area contributed by atoms with Crippen molar-refractivity contribution in [1.82, 2.24) is 0 Å². The number of amides is 1. The summed E-state index contributed by atoms with van der Waals surface area (Å²) in [4.78, 5) is 14.6. The van der Waals surface area contributed by atoms with E-state index in [9.17, 15) is 17.6 Å². The molecule has 1 saturated carbocycles. The van der Waals surface area contributed by atoms with Gasteiger partial charge in [0.15, 0.2) is 0 Å². The molecule has 2 aromatic carbocycles. The zero-order valence-corrected chi connectivity index (χ0v) is 15.8. The fraction of sp³-hybridized carbons (Fsp3) is 0.350. The molecule has 1 fully saturated rings. The molecular formula is C20H21FN2O3S. The summed E-state index contributed by atoms with van der Waals surface area (Å²) in [6.07, 6.45) is 3.55. The summed E-state index contributed by atoms with van der Waals surface area (Å²) in [7, 11) is -3.92. The van der Waals surface area contributed by atoms with Crippen molar-refractivity contribution < 1.29 is 17.6 Å². The average Bonchev–Trinajstić information content (AvgIpc) is 2.90. The van der Waals surface area contributed by atoms with E-state index in [1.54, 1.807) is 23.1 Å². The number of halogens is 1. The Morgan fingerprint density at radius 2 is 1.93 bits per heavy atom. The van der Waals surface area contributed by atoms with Crippen LogP contribution in [0.3, 0.4) is 0 Å². The smallest absolute Gasteiger partial charge is 0.261 e. The van der Waals surface area contributed by atoms with E-state index in [0.29, 0.717) is 6.42 Å². The Bertz CT molecular complexity index is 1000. The molecule has 7 heteroatoms. The van der Waals surface area contributed by atoms with Gasteiger partial charge in [0.2, 0.25) is 5.91 Å². The maximum atomic E-state index is 13.8. The molecule has 0 saturated heterocycles. The minimum atomic E-state index is -3.92. The van der Waals surface area contributed by atoms with E-state index < -0.39 is 15.8 Å². The highest BCUT2D eigenvalue weighted by atomic mass is 32.2. The van der Waals surface area contributed by atoms with Gasteiger partial charge in [-0.25, -0.2) is 12.8 Å². The van der Waals surface area contributed by atoms with Gasteiger partial charge in [0.05, 0.1) is 10.6 Å². The Labute approximate surface area is 158 Å². The number of benzene rings is 2. The average molecular weight is 388 g/mol. The van der Waals surface area contributed by atoms with Gasteiger partial charge in [-0.3, -0.25) is 9.52 Å². The van der Waals surface area contributed by atoms with Crippen LogP contribution in [0.4, 0.5) is 15.8 Å². The van der Waals surface area contributed by atoms with Crippen LogP contribution in [0.2, 0.25) is 0 Å². The van der Waals surface area contributed by atoms with Crippen LogP contribution < -0.4 is 9.62 Å². The lowest BCUT2D eigenvalue weighted by atomic mass is 9.84. The number of fused-ring (bicyclic) bond motifs is 1. The lowest BCUT2D eigenvalue weighted by molar-refractivity contribution is -0.125. The van der Waals surface area contributed by atoms with E-state index in [1.807, 2.05) is 6.92 Å². The van der Waals surface area contributed by atoms with Crippen LogP contribution in [0.15, 0.2) is 47.4 Å². The molecule has 1 amide bonds. The van der Waals surface area contributed by atoms with Gasteiger partial charge in [0.1, 0.15) is 5.82 Å². The van der Waals surface area contributed by atoms with Crippen LogP contribution in [0.25, 0.3) is 0 Å². The third kappa shape index (κ3) is 3.20. The van der Waals surface area contributed by atoms with Crippen LogP contribution in [-0.4, -0.2) is 20.4 Å². The van der Waals surface area contributed by atoms with Gasteiger partial charge in [0.25, 0.3) is 10.0 Å². The van der Waals surface area contributed by atoms with Crippen LogP contribution in [0.1, 0.15) is 31.7 Å². The standard InChI is InChI=1S/C20H21FN2O3S/c1-13-11-15-12-16(27(25,26)22-18-8-3-2-7-17(18)21)9-10-19(15)23(13)20(24)14-5-4-6-14/h2-3,7-10,12-14,22H,4-6,11H2,1H3/t13-/m0/s1. The van der Waals surface area contributed by atoms with Gasteiger partial charge in [-0.2, -0.15) is 0 Å². The molecule has 1 N–H and O–H groups in total. The van der Waals surface area contributed by atoms with Crippen molar-refractivity contribution in [2.45, 2.75) is 43.5 Å². The fourth-order valence-electron chi connectivity index (χ4n) is 3.71. The summed E-state index contributed by atoms with van der Waals surface area (Å²) in [6, 6.07) is 10.4. The quantitative estimate of drug-likeness (QED) is 0.868. The van der Waals surface area contributed by atoms with Gasteiger partial charge in [-0.1, -0.05) is 18.6 Å². The third-order valence-corrected chi connectivity index (χ3v) is 6.75. The predicted molar refractivity (Wildman–Crippen MR) is 102 cm³/mol. The van der Waals surface area contributed by atoms with Crippen LogP contribution in [0.5, 0.6) is 0 Å². The van der Waals surface area contributed by atoms with Crippen LogP contribution in [-0.2, 0) is 21.2 Å². The molecule has 2 aliphatic rings. The molecule has 0 bridgehead atoms. The van der Waals surface area contributed by atoms with Gasteiger partial charge in [-0.15, -0.1) is 0 Å². The predicted octanol–water partition coefficient (Wildman–Crippen LogP) is 3.70. The molecule has 0 aromatic heterocycles. The lowest BCUT2D eigenvalue weighted by Gasteiger charge is -2.32. The minimum absolute atomic E-state index is 0.00517.